The lowest BCUT2D eigenvalue weighted by Crippen LogP contribution is -2.41. The van der Waals surface area contributed by atoms with Gasteiger partial charge in [-0.2, -0.15) is 0 Å². The summed E-state index contributed by atoms with van der Waals surface area (Å²) in [5.41, 5.74) is 0.864. The highest BCUT2D eigenvalue weighted by atomic mass is 16.3. The fourth-order valence-corrected chi connectivity index (χ4v) is 1.69. The molecule has 0 aliphatic carbocycles. The number of aryl methyl sites for hydroxylation is 1. The number of carbonyl (C=O) groups is 1. The van der Waals surface area contributed by atoms with Gasteiger partial charge in [-0.25, -0.2) is 9.97 Å². The Hall–Kier alpha value is -2.21. The summed E-state index contributed by atoms with van der Waals surface area (Å²) in [6.45, 7) is 4.57. The Morgan fingerprint density at radius 3 is 2.95 bits per heavy atom. The maximum Gasteiger partial charge on any atom is 0.237 e. The molecule has 0 spiro atoms. The van der Waals surface area contributed by atoms with Crippen LogP contribution in [0, 0.1) is 6.92 Å². The van der Waals surface area contributed by atoms with Crippen molar-refractivity contribution >= 4 is 5.91 Å². The van der Waals surface area contributed by atoms with Crippen molar-refractivity contribution in [2.45, 2.75) is 33.0 Å². The molecule has 0 radical (unpaired) electrons. The van der Waals surface area contributed by atoms with Crippen molar-refractivity contribution in [3.63, 3.8) is 0 Å². The van der Waals surface area contributed by atoms with Crippen LogP contribution in [-0.2, 0) is 17.9 Å². The first-order valence-corrected chi connectivity index (χ1v) is 6.47. The molecule has 6 heteroatoms. The highest BCUT2D eigenvalue weighted by molar-refractivity contribution is 5.81. The van der Waals surface area contributed by atoms with E-state index in [1.54, 1.807) is 18.5 Å². The first-order valence-electron chi connectivity index (χ1n) is 6.47. The second-order valence-electron chi connectivity index (χ2n) is 4.49. The second-order valence-corrected chi connectivity index (χ2v) is 4.49. The van der Waals surface area contributed by atoms with Crippen molar-refractivity contribution in [1.82, 2.24) is 20.6 Å². The van der Waals surface area contributed by atoms with Crippen molar-refractivity contribution < 1.29 is 9.21 Å². The molecule has 106 valence electrons. The molecule has 0 saturated carbocycles. The fourth-order valence-electron chi connectivity index (χ4n) is 1.69. The SMILES string of the molecule is Cc1nccc(CNC(C)C(=O)NCc2ccco2)n1. The monoisotopic (exact) mass is 274 g/mol. The molecule has 2 rings (SSSR count). The highest BCUT2D eigenvalue weighted by Gasteiger charge is 2.12. The number of nitrogens with zero attached hydrogens (tertiary/aromatic N) is 2. The topological polar surface area (TPSA) is 80.0 Å². The van der Waals surface area contributed by atoms with Gasteiger partial charge in [-0.15, -0.1) is 0 Å². The zero-order chi connectivity index (χ0) is 14.4. The maximum absolute atomic E-state index is 11.9. The number of hydrogen-bond donors (Lipinski definition) is 2. The Labute approximate surface area is 117 Å². The molecule has 0 bridgehead atoms. The predicted molar refractivity (Wildman–Crippen MR) is 73.6 cm³/mol. The first kappa shape index (κ1) is 14.2. The Morgan fingerprint density at radius 1 is 1.40 bits per heavy atom. The third kappa shape index (κ3) is 4.17. The lowest BCUT2D eigenvalue weighted by molar-refractivity contribution is -0.123. The van der Waals surface area contributed by atoms with Crippen LogP contribution in [0.15, 0.2) is 35.1 Å². The van der Waals surface area contributed by atoms with E-state index in [1.165, 1.54) is 0 Å². The fraction of sp³-hybridized carbons (Fsp3) is 0.357. The summed E-state index contributed by atoms with van der Waals surface area (Å²) in [5, 5.41) is 5.93. The van der Waals surface area contributed by atoms with Gasteiger partial charge in [0, 0.05) is 12.7 Å². The minimum Gasteiger partial charge on any atom is -0.467 e. The van der Waals surface area contributed by atoms with Crippen molar-refractivity contribution in [1.29, 1.82) is 0 Å². The van der Waals surface area contributed by atoms with E-state index in [0.29, 0.717) is 13.1 Å². The highest BCUT2D eigenvalue weighted by Crippen LogP contribution is 1.99. The largest absolute Gasteiger partial charge is 0.467 e. The Balaban J connectivity index is 1.76. The van der Waals surface area contributed by atoms with E-state index in [2.05, 4.69) is 20.6 Å². The molecule has 6 nitrogen and oxygen atoms in total. The number of furan rings is 1. The first-order chi connectivity index (χ1) is 9.65. The Bertz CT molecular complexity index is 554. The Kier molecular flexibility index (Phi) is 4.84. The Morgan fingerprint density at radius 2 is 2.25 bits per heavy atom. The number of nitrogens with one attached hydrogen (secondary N) is 2. The van der Waals surface area contributed by atoms with Crippen LogP contribution < -0.4 is 10.6 Å². The summed E-state index contributed by atoms with van der Waals surface area (Å²) >= 11 is 0. The van der Waals surface area contributed by atoms with E-state index in [9.17, 15) is 4.79 Å². The van der Waals surface area contributed by atoms with Gasteiger partial charge in [-0.1, -0.05) is 0 Å². The van der Waals surface area contributed by atoms with Crippen molar-refractivity contribution in [3.8, 4) is 0 Å². The number of amides is 1. The number of hydrogen-bond acceptors (Lipinski definition) is 5. The van der Waals surface area contributed by atoms with Crippen LogP contribution in [0.3, 0.4) is 0 Å². The summed E-state index contributed by atoms with van der Waals surface area (Å²) < 4.78 is 5.15. The molecule has 1 atom stereocenters. The lowest BCUT2D eigenvalue weighted by Gasteiger charge is -2.13. The normalized spacial score (nSPS) is 12.1. The second kappa shape index (κ2) is 6.81. The van der Waals surface area contributed by atoms with Crippen LogP contribution in [0.25, 0.3) is 0 Å². The van der Waals surface area contributed by atoms with Crippen molar-refractivity contribution in [3.05, 3.63) is 47.9 Å². The molecule has 0 aromatic carbocycles. The minimum absolute atomic E-state index is 0.0767. The zero-order valence-corrected chi connectivity index (χ0v) is 11.6. The van der Waals surface area contributed by atoms with E-state index < -0.39 is 0 Å². The third-order valence-corrected chi connectivity index (χ3v) is 2.83. The smallest absolute Gasteiger partial charge is 0.237 e. The third-order valence-electron chi connectivity index (χ3n) is 2.83. The van der Waals surface area contributed by atoms with Gasteiger partial charge < -0.3 is 15.1 Å². The van der Waals surface area contributed by atoms with Gasteiger partial charge in [0.2, 0.25) is 5.91 Å². The molecule has 0 saturated heterocycles. The average molecular weight is 274 g/mol. The van der Waals surface area contributed by atoms with Crippen LogP contribution in [0.2, 0.25) is 0 Å². The molecule has 0 fully saturated rings. The lowest BCUT2D eigenvalue weighted by atomic mass is 10.3. The van der Waals surface area contributed by atoms with Crippen LogP contribution >= 0.6 is 0 Å². The van der Waals surface area contributed by atoms with Crippen LogP contribution in [0.4, 0.5) is 0 Å². The molecule has 2 heterocycles. The van der Waals surface area contributed by atoms with Gasteiger partial charge in [0.25, 0.3) is 0 Å². The summed E-state index contributed by atoms with van der Waals surface area (Å²) in [7, 11) is 0. The minimum atomic E-state index is -0.305. The number of rotatable bonds is 6. The molecular formula is C14H18N4O2. The molecule has 20 heavy (non-hydrogen) atoms. The average Bonchev–Trinajstić information content (AvgIpc) is 2.95. The summed E-state index contributed by atoms with van der Waals surface area (Å²) in [4.78, 5) is 20.2. The van der Waals surface area contributed by atoms with Gasteiger partial charge in [-0.05, 0) is 32.0 Å². The summed E-state index contributed by atoms with van der Waals surface area (Å²) in [6.07, 6.45) is 3.29. The summed E-state index contributed by atoms with van der Waals surface area (Å²) in [6, 6.07) is 5.14. The summed E-state index contributed by atoms with van der Waals surface area (Å²) in [5.74, 6) is 1.38. The van der Waals surface area contributed by atoms with Gasteiger partial charge in [0.15, 0.2) is 0 Å². The van der Waals surface area contributed by atoms with Crippen LogP contribution in [0.5, 0.6) is 0 Å². The van der Waals surface area contributed by atoms with Gasteiger partial charge in [0.1, 0.15) is 11.6 Å². The van der Waals surface area contributed by atoms with Crippen molar-refractivity contribution in [2.24, 2.45) is 0 Å². The molecule has 2 aromatic rings. The molecule has 0 aliphatic rings. The predicted octanol–water partition coefficient (Wildman–Crippen LogP) is 1.17. The van der Waals surface area contributed by atoms with Crippen molar-refractivity contribution in [2.75, 3.05) is 0 Å². The maximum atomic E-state index is 11.9. The van der Waals surface area contributed by atoms with Gasteiger partial charge >= 0.3 is 0 Å². The van der Waals surface area contributed by atoms with Crippen LogP contribution in [0.1, 0.15) is 24.2 Å². The van der Waals surface area contributed by atoms with E-state index in [4.69, 9.17) is 4.42 Å². The molecular weight excluding hydrogens is 256 g/mol. The van der Waals surface area contributed by atoms with Gasteiger partial charge in [-0.3, -0.25) is 4.79 Å². The standard InChI is InChI=1S/C14H18N4O2/c1-10(14(19)17-9-13-4-3-7-20-13)16-8-12-5-6-15-11(2)18-12/h3-7,10,16H,8-9H2,1-2H3,(H,17,19). The number of carbonyl (C=O) groups excluding carboxylic acids is 1. The van der Waals surface area contributed by atoms with E-state index in [1.807, 2.05) is 26.0 Å². The molecule has 1 unspecified atom stereocenters. The molecule has 1 amide bonds. The molecule has 2 N–H and O–H groups in total. The van der Waals surface area contributed by atoms with E-state index in [0.717, 1.165) is 17.3 Å². The van der Waals surface area contributed by atoms with E-state index >= 15 is 0 Å². The molecule has 0 aliphatic heterocycles. The van der Waals surface area contributed by atoms with Gasteiger partial charge in [0.05, 0.1) is 24.5 Å². The number of aromatic nitrogens is 2. The quantitative estimate of drug-likeness (QED) is 0.826. The van der Waals surface area contributed by atoms with Crippen LogP contribution in [-0.4, -0.2) is 21.9 Å². The van der Waals surface area contributed by atoms with E-state index in [-0.39, 0.29) is 11.9 Å². The zero-order valence-electron chi connectivity index (χ0n) is 11.6. The molecule has 2 aromatic heterocycles.